The largest absolute Gasteiger partial charge is 0.477 e. The SMILES string of the molecule is CC1CCCCN1CCc1nc(C2CCC2)c(C(=O)O)s1. The van der Waals surface area contributed by atoms with Gasteiger partial charge in [-0.3, -0.25) is 0 Å². The second-order valence-corrected chi connectivity index (χ2v) is 7.47. The Bertz CT molecular complexity index is 510. The van der Waals surface area contributed by atoms with Crippen LogP contribution in [0.1, 0.15) is 71.7 Å². The average Bonchev–Trinajstić information content (AvgIpc) is 2.80. The Balaban J connectivity index is 1.66. The van der Waals surface area contributed by atoms with Crippen LogP contribution in [0.4, 0.5) is 0 Å². The van der Waals surface area contributed by atoms with Gasteiger partial charge in [-0.25, -0.2) is 9.78 Å². The lowest BCUT2D eigenvalue weighted by Crippen LogP contribution is -2.38. The fraction of sp³-hybridized carbons (Fsp3) is 0.750. The van der Waals surface area contributed by atoms with E-state index in [1.54, 1.807) is 0 Å². The number of hydrogen-bond donors (Lipinski definition) is 1. The van der Waals surface area contributed by atoms with Crippen molar-refractivity contribution in [3.05, 3.63) is 15.6 Å². The van der Waals surface area contributed by atoms with Crippen molar-refractivity contribution in [1.82, 2.24) is 9.88 Å². The van der Waals surface area contributed by atoms with E-state index in [0.29, 0.717) is 16.8 Å². The van der Waals surface area contributed by atoms with Crippen LogP contribution in [0.2, 0.25) is 0 Å². The fourth-order valence-corrected chi connectivity index (χ4v) is 4.30. The smallest absolute Gasteiger partial charge is 0.347 e. The van der Waals surface area contributed by atoms with E-state index in [1.807, 2.05) is 0 Å². The predicted octanol–water partition coefficient (Wildman–Crippen LogP) is 3.53. The molecule has 0 amide bonds. The fourth-order valence-electron chi connectivity index (χ4n) is 3.33. The van der Waals surface area contributed by atoms with E-state index in [2.05, 4.69) is 16.8 Å². The van der Waals surface area contributed by atoms with Crippen molar-refractivity contribution in [2.45, 2.75) is 63.8 Å². The van der Waals surface area contributed by atoms with Gasteiger partial charge in [-0.1, -0.05) is 12.8 Å². The molecule has 1 aromatic rings. The van der Waals surface area contributed by atoms with Crippen molar-refractivity contribution in [3.63, 3.8) is 0 Å². The van der Waals surface area contributed by atoms with Gasteiger partial charge >= 0.3 is 5.97 Å². The molecule has 1 aliphatic heterocycles. The Morgan fingerprint density at radius 3 is 2.76 bits per heavy atom. The minimum Gasteiger partial charge on any atom is -0.477 e. The summed E-state index contributed by atoms with van der Waals surface area (Å²) >= 11 is 1.40. The molecule has 1 unspecified atom stereocenters. The number of piperidine rings is 1. The Labute approximate surface area is 130 Å². The van der Waals surface area contributed by atoms with Crippen LogP contribution < -0.4 is 0 Å². The molecular formula is C16H24N2O2S. The molecule has 1 aliphatic carbocycles. The zero-order chi connectivity index (χ0) is 14.8. The molecular weight excluding hydrogens is 284 g/mol. The first-order valence-electron chi connectivity index (χ1n) is 8.12. The zero-order valence-corrected chi connectivity index (χ0v) is 13.5. The van der Waals surface area contributed by atoms with Crippen molar-refractivity contribution >= 4 is 17.3 Å². The number of likely N-dealkylation sites (tertiary alicyclic amines) is 1. The highest BCUT2D eigenvalue weighted by atomic mass is 32.1. The maximum Gasteiger partial charge on any atom is 0.347 e. The highest BCUT2D eigenvalue weighted by Gasteiger charge is 2.29. The number of thiazole rings is 1. The molecule has 116 valence electrons. The van der Waals surface area contributed by atoms with E-state index in [0.717, 1.165) is 36.5 Å². The van der Waals surface area contributed by atoms with Gasteiger partial charge in [0, 0.05) is 24.9 Å². The van der Waals surface area contributed by atoms with Crippen LogP contribution in [0, 0.1) is 0 Å². The van der Waals surface area contributed by atoms with Crippen LogP contribution in [0.25, 0.3) is 0 Å². The monoisotopic (exact) mass is 308 g/mol. The zero-order valence-electron chi connectivity index (χ0n) is 12.7. The quantitative estimate of drug-likeness (QED) is 0.904. The minimum atomic E-state index is -0.799. The van der Waals surface area contributed by atoms with Crippen molar-refractivity contribution in [2.75, 3.05) is 13.1 Å². The number of aromatic carboxylic acids is 1. The molecule has 21 heavy (non-hydrogen) atoms. The number of hydrogen-bond acceptors (Lipinski definition) is 4. The lowest BCUT2D eigenvalue weighted by molar-refractivity contribution is 0.0699. The van der Waals surface area contributed by atoms with Crippen LogP contribution in [0.3, 0.4) is 0 Å². The van der Waals surface area contributed by atoms with Crippen LogP contribution in [-0.2, 0) is 6.42 Å². The second kappa shape index (κ2) is 6.44. The lowest BCUT2D eigenvalue weighted by atomic mass is 9.82. The number of aromatic nitrogens is 1. The number of nitrogens with zero attached hydrogens (tertiary/aromatic N) is 2. The maximum atomic E-state index is 11.4. The Morgan fingerprint density at radius 1 is 1.33 bits per heavy atom. The molecule has 0 aromatic carbocycles. The van der Waals surface area contributed by atoms with E-state index >= 15 is 0 Å². The molecule has 1 saturated heterocycles. The highest BCUT2D eigenvalue weighted by Crippen LogP contribution is 2.39. The summed E-state index contributed by atoms with van der Waals surface area (Å²) < 4.78 is 0. The molecule has 2 heterocycles. The molecule has 1 N–H and O–H groups in total. The van der Waals surface area contributed by atoms with Crippen molar-refractivity contribution in [2.24, 2.45) is 0 Å². The summed E-state index contributed by atoms with van der Waals surface area (Å²) in [7, 11) is 0. The van der Waals surface area contributed by atoms with Gasteiger partial charge in [-0.05, 0) is 39.2 Å². The average molecular weight is 308 g/mol. The predicted molar refractivity (Wildman–Crippen MR) is 84.3 cm³/mol. The van der Waals surface area contributed by atoms with Gasteiger partial charge in [0.25, 0.3) is 0 Å². The summed E-state index contributed by atoms with van der Waals surface area (Å²) in [6.07, 6.45) is 8.22. The topological polar surface area (TPSA) is 53.4 Å². The van der Waals surface area contributed by atoms with E-state index in [1.165, 1.54) is 43.6 Å². The van der Waals surface area contributed by atoms with Gasteiger partial charge in [-0.2, -0.15) is 0 Å². The van der Waals surface area contributed by atoms with Gasteiger partial charge in [-0.15, -0.1) is 11.3 Å². The molecule has 0 spiro atoms. The molecule has 1 aromatic heterocycles. The highest BCUT2D eigenvalue weighted by molar-refractivity contribution is 7.13. The second-order valence-electron chi connectivity index (χ2n) is 6.39. The van der Waals surface area contributed by atoms with Crippen molar-refractivity contribution in [1.29, 1.82) is 0 Å². The van der Waals surface area contributed by atoms with E-state index in [-0.39, 0.29) is 0 Å². The number of carboxylic acids is 1. The summed E-state index contributed by atoms with van der Waals surface area (Å²) in [5, 5.41) is 10.4. The molecule has 0 bridgehead atoms. The first kappa shape index (κ1) is 15.0. The third-order valence-corrected chi connectivity index (χ3v) is 6.06. The number of carbonyl (C=O) groups is 1. The molecule has 5 heteroatoms. The first-order chi connectivity index (χ1) is 10.1. The van der Waals surface area contributed by atoms with Gasteiger partial charge < -0.3 is 10.0 Å². The number of carboxylic acid groups (broad SMARTS) is 1. The Kier molecular flexibility index (Phi) is 4.60. The Hall–Kier alpha value is -0.940. The molecule has 3 rings (SSSR count). The van der Waals surface area contributed by atoms with Crippen LogP contribution >= 0.6 is 11.3 Å². The lowest BCUT2D eigenvalue weighted by Gasteiger charge is -2.33. The van der Waals surface area contributed by atoms with Crippen molar-refractivity contribution in [3.8, 4) is 0 Å². The Morgan fingerprint density at radius 2 is 2.14 bits per heavy atom. The third kappa shape index (κ3) is 3.29. The summed E-state index contributed by atoms with van der Waals surface area (Å²) in [5.74, 6) is -0.401. The van der Waals surface area contributed by atoms with Crippen LogP contribution in [-0.4, -0.2) is 40.1 Å². The molecule has 1 atom stereocenters. The molecule has 0 radical (unpaired) electrons. The first-order valence-corrected chi connectivity index (χ1v) is 8.93. The van der Waals surface area contributed by atoms with Gasteiger partial charge in [0.1, 0.15) is 4.88 Å². The molecule has 2 aliphatic rings. The van der Waals surface area contributed by atoms with Gasteiger partial charge in [0.15, 0.2) is 0 Å². The summed E-state index contributed by atoms with van der Waals surface area (Å²) in [4.78, 5) is 19.1. The summed E-state index contributed by atoms with van der Waals surface area (Å²) in [5.41, 5.74) is 0.862. The van der Waals surface area contributed by atoms with E-state index < -0.39 is 5.97 Å². The van der Waals surface area contributed by atoms with E-state index in [9.17, 15) is 9.90 Å². The van der Waals surface area contributed by atoms with Crippen LogP contribution in [0.5, 0.6) is 0 Å². The minimum absolute atomic E-state index is 0.398. The van der Waals surface area contributed by atoms with Gasteiger partial charge in [0.2, 0.25) is 0 Å². The third-order valence-electron chi connectivity index (χ3n) is 4.94. The molecule has 1 saturated carbocycles. The van der Waals surface area contributed by atoms with Crippen molar-refractivity contribution < 1.29 is 9.90 Å². The molecule has 2 fully saturated rings. The number of rotatable bonds is 5. The normalized spacial score (nSPS) is 24.0. The van der Waals surface area contributed by atoms with Gasteiger partial charge in [0.05, 0.1) is 10.7 Å². The summed E-state index contributed by atoms with van der Waals surface area (Å²) in [6, 6.07) is 0.656. The molecule has 4 nitrogen and oxygen atoms in total. The summed E-state index contributed by atoms with van der Waals surface area (Å²) in [6.45, 7) is 4.48. The maximum absolute atomic E-state index is 11.4. The van der Waals surface area contributed by atoms with Crippen LogP contribution in [0.15, 0.2) is 0 Å². The van der Waals surface area contributed by atoms with E-state index in [4.69, 9.17) is 0 Å². The standard InChI is InChI=1S/C16H24N2O2S/c1-11-5-2-3-9-18(11)10-8-13-17-14(12-6-4-7-12)15(21-13)16(19)20/h11-12H,2-10H2,1H3,(H,19,20).